The first kappa shape index (κ1) is 16.7. The van der Waals surface area contributed by atoms with Crippen molar-refractivity contribution in [2.45, 2.75) is 38.8 Å². The summed E-state index contributed by atoms with van der Waals surface area (Å²) in [5, 5.41) is 3.52. The van der Waals surface area contributed by atoms with Gasteiger partial charge in [-0.05, 0) is 45.8 Å². The SMILES string of the molecule is CCOc1ccccc1C(CN1CCCC1)N1CCNCC1C. The number of nitrogens with one attached hydrogen (secondary N) is 1. The van der Waals surface area contributed by atoms with E-state index in [4.69, 9.17) is 4.74 Å². The van der Waals surface area contributed by atoms with E-state index in [0.717, 1.165) is 38.5 Å². The van der Waals surface area contributed by atoms with Crippen molar-refractivity contribution in [3.8, 4) is 5.75 Å². The van der Waals surface area contributed by atoms with Crippen LogP contribution in [0.3, 0.4) is 0 Å². The van der Waals surface area contributed by atoms with Gasteiger partial charge in [-0.3, -0.25) is 4.90 Å². The van der Waals surface area contributed by atoms with Crippen LogP contribution in [0.2, 0.25) is 0 Å². The summed E-state index contributed by atoms with van der Waals surface area (Å²) in [4.78, 5) is 5.30. The van der Waals surface area contributed by atoms with Gasteiger partial charge in [-0.25, -0.2) is 0 Å². The molecule has 2 heterocycles. The van der Waals surface area contributed by atoms with Gasteiger partial charge >= 0.3 is 0 Å². The molecule has 4 nitrogen and oxygen atoms in total. The van der Waals surface area contributed by atoms with E-state index in [9.17, 15) is 0 Å². The van der Waals surface area contributed by atoms with E-state index in [2.05, 4.69) is 53.2 Å². The third-order valence-corrected chi connectivity index (χ3v) is 5.16. The van der Waals surface area contributed by atoms with Crippen molar-refractivity contribution in [1.29, 1.82) is 0 Å². The fourth-order valence-electron chi connectivity index (χ4n) is 3.95. The Morgan fingerprint density at radius 2 is 2.00 bits per heavy atom. The lowest BCUT2D eigenvalue weighted by Crippen LogP contribution is -2.53. The molecule has 2 saturated heterocycles. The van der Waals surface area contributed by atoms with Gasteiger partial charge in [0.1, 0.15) is 5.75 Å². The molecule has 2 aliphatic heterocycles. The number of nitrogens with zero attached hydrogens (tertiary/aromatic N) is 2. The van der Waals surface area contributed by atoms with Gasteiger partial charge in [0, 0.05) is 37.8 Å². The third kappa shape index (κ3) is 4.06. The lowest BCUT2D eigenvalue weighted by atomic mass is 10.0. The predicted molar refractivity (Wildman–Crippen MR) is 95.1 cm³/mol. The highest BCUT2D eigenvalue weighted by Gasteiger charge is 2.31. The van der Waals surface area contributed by atoms with E-state index >= 15 is 0 Å². The van der Waals surface area contributed by atoms with Crippen LogP contribution in [0, 0.1) is 0 Å². The molecule has 4 heteroatoms. The molecule has 1 N–H and O–H groups in total. The van der Waals surface area contributed by atoms with Crippen molar-refractivity contribution >= 4 is 0 Å². The van der Waals surface area contributed by atoms with Gasteiger partial charge in [0.05, 0.1) is 12.6 Å². The Kier molecular flexibility index (Phi) is 5.92. The van der Waals surface area contributed by atoms with Crippen molar-refractivity contribution in [2.75, 3.05) is 45.9 Å². The summed E-state index contributed by atoms with van der Waals surface area (Å²) in [5.74, 6) is 1.06. The molecule has 3 rings (SSSR count). The number of piperazine rings is 1. The summed E-state index contributed by atoms with van der Waals surface area (Å²) < 4.78 is 5.95. The average molecular weight is 317 g/mol. The van der Waals surface area contributed by atoms with Crippen molar-refractivity contribution in [3.05, 3.63) is 29.8 Å². The number of benzene rings is 1. The van der Waals surface area contributed by atoms with Crippen LogP contribution in [0.1, 0.15) is 38.3 Å². The molecule has 0 saturated carbocycles. The average Bonchev–Trinajstić information content (AvgIpc) is 3.08. The first-order valence-electron chi connectivity index (χ1n) is 9.20. The zero-order chi connectivity index (χ0) is 16.1. The fraction of sp³-hybridized carbons (Fsp3) is 0.684. The van der Waals surface area contributed by atoms with Crippen LogP contribution in [0.5, 0.6) is 5.75 Å². The summed E-state index contributed by atoms with van der Waals surface area (Å²) in [5.41, 5.74) is 1.36. The molecule has 0 aromatic heterocycles. The maximum Gasteiger partial charge on any atom is 0.124 e. The standard InChI is InChI=1S/C19H31N3O/c1-3-23-19-9-5-4-8-17(19)18(15-21-11-6-7-12-21)22-13-10-20-14-16(22)2/h4-5,8-9,16,18,20H,3,6-7,10-15H2,1-2H3. The molecule has 0 radical (unpaired) electrons. The molecular formula is C19H31N3O. The number of likely N-dealkylation sites (tertiary alicyclic amines) is 1. The molecule has 0 bridgehead atoms. The van der Waals surface area contributed by atoms with Crippen molar-refractivity contribution < 1.29 is 4.74 Å². The van der Waals surface area contributed by atoms with Gasteiger partial charge in [0.2, 0.25) is 0 Å². The lowest BCUT2D eigenvalue weighted by molar-refractivity contribution is 0.0888. The van der Waals surface area contributed by atoms with Gasteiger partial charge in [-0.2, -0.15) is 0 Å². The topological polar surface area (TPSA) is 27.7 Å². The number of rotatable bonds is 6. The van der Waals surface area contributed by atoms with Crippen LogP contribution in [-0.4, -0.2) is 61.7 Å². The normalized spacial score (nSPS) is 24.7. The highest BCUT2D eigenvalue weighted by atomic mass is 16.5. The third-order valence-electron chi connectivity index (χ3n) is 5.16. The number of hydrogen-bond acceptors (Lipinski definition) is 4. The van der Waals surface area contributed by atoms with Crippen LogP contribution >= 0.6 is 0 Å². The second-order valence-corrected chi connectivity index (χ2v) is 6.79. The minimum Gasteiger partial charge on any atom is -0.494 e. The summed E-state index contributed by atoms with van der Waals surface area (Å²) in [6.45, 7) is 12.0. The van der Waals surface area contributed by atoms with Gasteiger partial charge in [0.15, 0.2) is 0 Å². The number of hydrogen-bond donors (Lipinski definition) is 1. The van der Waals surface area contributed by atoms with E-state index in [1.807, 2.05) is 0 Å². The van der Waals surface area contributed by atoms with E-state index in [1.54, 1.807) is 0 Å². The van der Waals surface area contributed by atoms with Gasteiger partial charge in [-0.15, -0.1) is 0 Å². The molecular weight excluding hydrogens is 286 g/mol. The van der Waals surface area contributed by atoms with Crippen LogP contribution < -0.4 is 10.1 Å². The van der Waals surface area contributed by atoms with Crippen molar-refractivity contribution in [3.63, 3.8) is 0 Å². The van der Waals surface area contributed by atoms with E-state index in [-0.39, 0.29) is 0 Å². The molecule has 23 heavy (non-hydrogen) atoms. The maximum absolute atomic E-state index is 5.95. The summed E-state index contributed by atoms with van der Waals surface area (Å²) >= 11 is 0. The van der Waals surface area contributed by atoms with Crippen molar-refractivity contribution in [2.24, 2.45) is 0 Å². The van der Waals surface area contributed by atoms with Crippen LogP contribution in [0.25, 0.3) is 0 Å². The Labute approximate surface area is 140 Å². The smallest absolute Gasteiger partial charge is 0.124 e. The van der Waals surface area contributed by atoms with E-state index < -0.39 is 0 Å². The summed E-state index contributed by atoms with van der Waals surface area (Å²) in [6.07, 6.45) is 2.69. The quantitative estimate of drug-likeness (QED) is 0.872. The number of ether oxygens (including phenoxy) is 1. The highest BCUT2D eigenvalue weighted by Crippen LogP contribution is 2.32. The Morgan fingerprint density at radius 3 is 2.74 bits per heavy atom. The molecule has 128 valence electrons. The molecule has 1 aromatic carbocycles. The highest BCUT2D eigenvalue weighted by molar-refractivity contribution is 5.36. The predicted octanol–water partition coefficient (Wildman–Crippen LogP) is 2.52. The Morgan fingerprint density at radius 1 is 1.22 bits per heavy atom. The van der Waals surface area contributed by atoms with Gasteiger partial charge < -0.3 is 15.0 Å². The summed E-state index contributed by atoms with van der Waals surface area (Å²) in [6, 6.07) is 9.62. The Balaban J connectivity index is 1.87. The Hall–Kier alpha value is -1.10. The zero-order valence-corrected chi connectivity index (χ0v) is 14.6. The van der Waals surface area contributed by atoms with Crippen LogP contribution in [-0.2, 0) is 0 Å². The minimum absolute atomic E-state index is 0.424. The molecule has 0 aliphatic carbocycles. The minimum atomic E-state index is 0.424. The van der Waals surface area contributed by atoms with Crippen LogP contribution in [0.4, 0.5) is 0 Å². The maximum atomic E-state index is 5.95. The van der Waals surface area contributed by atoms with Gasteiger partial charge in [0.25, 0.3) is 0 Å². The fourth-order valence-corrected chi connectivity index (χ4v) is 3.95. The second-order valence-electron chi connectivity index (χ2n) is 6.79. The van der Waals surface area contributed by atoms with Gasteiger partial charge in [-0.1, -0.05) is 18.2 Å². The number of para-hydroxylation sites is 1. The first-order valence-corrected chi connectivity index (χ1v) is 9.20. The van der Waals surface area contributed by atoms with Crippen molar-refractivity contribution in [1.82, 2.24) is 15.1 Å². The first-order chi connectivity index (χ1) is 11.3. The van der Waals surface area contributed by atoms with Crippen LogP contribution in [0.15, 0.2) is 24.3 Å². The molecule has 2 atom stereocenters. The molecule has 0 spiro atoms. The lowest BCUT2D eigenvalue weighted by Gasteiger charge is -2.42. The molecule has 0 amide bonds. The molecule has 2 unspecified atom stereocenters. The molecule has 2 aliphatic rings. The largest absolute Gasteiger partial charge is 0.494 e. The Bertz CT molecular complexity index is 487. The molecule has 2 fully saturated rings. The van der Waals surface area contributed by atoms with E-state index in [1.165, 1.54) is 31.5 Å². The summed E-state index contributed by atoms with van der Waals surface area (Å²) in [7, 11) is 0. The van der Waals surface area contributed by atoms with E-state index in [0.29, 0.717) is 12.1 Å². The monoisotopic (exact) mass is 317 g/mol. The zero-order valence-electron chi connectivity index (χ0n) is 14.6. The molecule has 1 aromatic rings. The second kappa shape index (κ2) is 8.13.